The molecule has 3 N–H and O–H groups in total. The van der Waals surface area contributed by atoms with E-state index in [2.05, 4.69) is 29.5 Å². The molecule has 3 heterocycles. The number of fused-ring (bicyclic) bond motifs is 1. The van der Waals surface area contributed by atoms with Gasteiger partial charge in [-0.1, -0.05) is 19.6 Å². The summed E-state index contributed by atoms with van der Waals surface area (Å²) in [5.74, 6) is -4.34. The van der Waals surface area contributed by atoms with Gasteiger partial charge < -0.3 is 25.5 Å². The Labute approximate surface area is 244 Å². The zero-order chi connectivity index (χ0) is 30.3. The predicted octanol–water partition coefficient (Wildman–Crippen LogP) is 4.80. The molecule has 2 amide bonds. The van der Waals surface area contributed by atoms with Gasteiger partial charge in [0.1, 0.15) is 17.1 Å². The average molecular weight is 581 g/mol. The van der Waals surface area contributed by atoms with Crippen molar-refractivity contribution in [2.24, 2.45) is 5.92 Å². The van der Waals surface area contributed by atoms with Crippen LogP contribution in [0.25, 0.3) is 0 Å². The van der Waals surface area contributed by atoms with Gasteiger partial charge in [-0.2, -0.15) is 8.78 Å². The second-order valence-electron chi connectivity index (χ2n) is 11.5. The van der Waals surface area contributed by atoms with Crippen molar-refractivity contribution in [1.29, 1.82) is 0 Å². The molecule has 1 saturated heterocycles. The number of amides is 2. The molecule has 1 saturated carbocycles. The Bertz CT molecular complexity index is 1430. The number of carbonyl (C=O) groups is 2. The lowest BCUT2D eigenvalue weighted by Gasteiger charge is -2.43. The van der Waals surface area contributed by atoms with E-state index in [1.165, 1.54) is 6.08 Å². The lowest BCUT2D eigenvalue weighted by molar-refractivity contribution is -0.126. The number of hydrogen-bond acceptors (Lipinski definition) is 7. The summed E-state index contributed by atoms with van der Waals surface area (Å²) < 4.78 is 27.6. The summed E-state index contributed by atoms with van der Waals surface area (Å²) >= 11 is 0. The second-order valence-corrected chi connectivity index (χ2v) is 11.5. The number of alkyl halides is 2. The smallest absolute Gasteiger partial charge is 0.303 e. The summed E-state index contributed by atoms with van der Waals surface area (Å²) in [5.41, 5.74) is 9.77. The van der Waals surface area contributed by atoms with E-state index in [0.29, 0.717) is 37.9 Å². The Kier molecular flexibility index (Phi) is 7.96. The third-order valence-corrected chi connectivity index (χ3v) is 8.73. The first kappa shape index (κ1) is 29.5. The summed E-state index contributed by atoms with van der Waals surface area (Å²) in [6.07, 6.45) is 6.54. The van der Waals surface area contributed by atoms with E-state index in [-0.39, 0.29) is 42.0 Å². The molecule has 3 aliphatic rings. The van der Waals surface area contributed by atoms with E-state index in [9.17, 15) is 23.5 Å². The van der Waals surface area contributed by atoms with Crippen LogP contribution in [-0.4, -0.2) is 69.4 Å². The topological polar surface area (TPSA) is 116 Å². The molecule has 1 aromatic carbocycles. The zero-order valence-corrected chi connectivity index (χ0v) is 24.3. The molecule has 5 rings (SSSR count). The molecule has 0 spiro atoms. The normalized spacial score (nSPS) is 21.1. The monoisotopic (exact) mass is 580 g/mol. The van der Waals surface area contributed by atoms with Crippen LogP contribution in [0, 0.1) is 5.92 Å². The molecule has 1 aromatic heterocycles. The highest BCUT2D eigenvalue weighted by molar-refractivity contribution is 5.98. The molecule has 1 aliphatic carbocycles. The standard InChI is InChI=1S/C31H38F2N6O3/c1-5-18-11-13-38(26(41)6-2)17-24-27(18)23(37(4)22-10-9-20(15-25(22)40)19-7-8-19)12-14-39(24)29(42)21-16-35-30(31(3,32)33)36-28(21)34/h6,9-10,15-16,18-19,24,40H,2,5,7-8,11-14,17H2,1,3-4H3,(H2,34,35,36). The van der Waals surface area contributed by atoms with Crippen molar-refractivity contribution < 1.29 is 23.5 Å². The lowest BCUT2D eigenvalue weighted by atomic mass is 9.83. The number of nitrogen functional groups attached to an aromatic ring is 1. The molecule has 42 heavy (non-hydrogen) atoms. The number of hydrogen-bond donors (Lipinski definition) is 2. The first-order valence-electron chi connectivity index (χ1n) is 14.5. The van der Waals surface area contributed by atoms with E-state index >= 15 is 0 Å². The van der Waals surface area contributed by atoms with Crippen molar-refractivity contribution in [3.8, 4) is 5.75 Å². The van der Waals surface area contributed by atoms with Crippen molar-refractivity contribution in [2.45, 2.75) is 63.8 Å². The quantitative estimate of drug-likeness (QED) is 0.452. The van der Waals surface area contributed by atoms with Gasteiger partial charge in [0, 0.05) is 51.9 Å². The van der Waals surface area contributed by atoms with E-state index < -0.39 is 23.7 Å². The number of rotatable bonds is 7. The second kappa shape index (κ2) is 11.3. The number of aromatic hydroxyl groups is 1. The fraction of sp³-hybridized carbons (Fsp3) is 0.484. The molecule has 2 aliphatic heterocycles. The number of nitrogens with two attached hydrogens (primary N) is 1. The predicted molar refractivity (Wildman–Crippen MR) is 156 cm³/mol. The van der Waals surface area contributed by atoms with Crippen LogP contribution in [0.4, 0.5) is 20.3 Å². The van der Waals surface area contributed by atoms with Crippen LogP contribution in [0.1, 0.15) is 73.6 Å². The van der Waals surface area contributed by atoms with Crippen LogP contribution < -0.4 is 10.6 Å². The van der Waals surface area contributed by atoms with Crippen LogP contribution in [0.5, 0.6) is 5.75 Å². The number of aromatic nitrogens is 2. The summed E-state index contributed by atoms with van der Waals surface area (Å²) in [4.78, 5) is 39.6. The highest BCUT2D eigenvalue weighted by Gasteiger charge is 2.42. The number of halogens is 2. The van der Waals surface area contributed by atoms with Gasteiger partial charge in [-0.15, -0.1) is 0 Å². The van der Waals surface area contributed by atoms with Crippen LogP contribution in [-0.2, 0) is 10.7 Å². The Morgan fingerprint density at radius 2 is 2.00 bits per heavy atom. The minimum absolute atomic E-state index is 0.0494. The van der Waals surface area contributed by atoms with Crippen molar-refractivity contribution in [3.63, 3.8) is 0 Å². The Morgan fingerprint density at radius 1 is 1.26 bits per heavy atom. The molecule has 2 fully saturated rings. The number of benzene rings is 1. The molecule has 224 valence electrons. The molecule has 2 aromatic rings. The van der Waals surface area contributed by atoms with E-state index in [4.69, 9.17) is 5.73 Å². The largest absolute Gasteiger partial charge is 0.506 e. The van der Waals surface area contributed by atoms with Crippen molar-refractivity contribution in [3.05, 3.63) is 65.3 Å². The fourth-order valence-corrected chi connectivity index (χ4v) is 6.28. The van der Waals surface area contributed by atoms with Crippen LogP contribution >= 0.6 is 0 Å². The highest BCUT2D eigenvalue weighted by atomic mass is 19.3. The molecule has 0 radical (unpaired) electrons. The summed E-state index contributed by atoms with van der Waals surface area (Å²) in [7, 11) is 1.92. The van der Waals surface area contributed by atoms with Crippen LogP contribution in [0.3, 0.4) is 0 Å². The van der Waals surface area contributed by atoms with Gasteiger partial charge in [0.25, 0.3) is 5.91 Å². The summed E-state index contributed by atoms with van der Waals surface area (Å²) in [6.45, 7) is 7.41. The van der Waals surface area contributed by atoms with Crippen LogP contribution in [0.15, 0.2) is 48.3 Å². The Morgan fingerprint density at radius 3 is 2.60 bits per heavy atom. The maximum atomic E-state index is 14.0. The summed E-state index contributed by atoms with van der Waals surface area (Å²) in [5, 5.41) is 11.0. The molecular formula is C31H38F2N6O3. The average Bonchev–Trinajstić information content (AvgIpc) is 3.82. The molecule has 11 heteroatoms. The number of anilines is 2. The number of carbonyl (C=O) groups excluding carboxylic acids is 2. The van der Waals surface area contributed by atoms with Gasteiger partial charge in [0.2, 0.25) is 11.7 Å². The van der Waals surface area contributed by atoms with Gasteiger partial charge in [-0.25, -0.2) is 9.97 Å². The molecular weight excluding hydrogens is 542 g/mol. The lowest BCUT2D eigenvalue weighted by Crippen LogP contribution is -2.52. The summed E-state index contributed by atoms with van der Waals surface area (Å²) in [6, 6.07) is 5.33. The van der Waals surface area contributed by atoms with E-state index in [1.807, 2.05) is 24.1 Å². The number of likely N-dealkylation sites (tertiary alicyclic amines) is 1. The maximum Gasteiger partial charge on any atom is 0.303 e. The van der Waals surface area contributed by atoms with E-state index in [1.54, 1.807) is 9.80 Å². The zero-order valence-electron chi connectivity index (χ0n) is 24.3. The first-order chi connectivity index (χ1) is 19.9. The molecule has 0 bridgehead atoms. The van der Waals surface area contributed by atoms with Gasteiger partial charge >= 0.3 is 5.92 Å². The van der Waals surface area contributed by atoms with Crippen LogP contribution in [0.2, 0.25) is 0 Å². The molecule has 2 atom stereocenters. The Hall–Kier alpha value is -4.02. The number of phenols is 1. The maximum absolute atomic E-state index is 14.0. The Balaban J connectivity index is 1.58. The van der Waals surface area contributed by atoms with E-state index in [0.717, 1.165) is 42.3 Å². The minimum Gasteiger partial charge on any atom is -0.506 e. The SMILES string of the molecule is C=CC(=O)N1CCC(CC)C2=C(N(C)c3ccc(C4CC4)cc3O)CCN(C(=O)c3cnc(C(C)(F)F)nc3N)C2C1. The fourth-order valence-electron chi connectivity index (χ4n) is 6.28. The van der Waals surface area contributed by atoms with Crippen molar-refractivity contribution in [2.75, 3.05) is 37.3 Å². The first-order valence-corrected chi connectivity index (χ1v) is 14.5. The van der Waals surface area contributed by atoms with Crippen molar-refractivity contribution in [1.82, 2.24) is 19.8 Å². The molecule has 2 unspecified atom stereocenters. The third kappa shape index (κ3) is 5.56. The van der Waals surface area contributed by atoms with Gasteiger partial charge in [0.05, 0.1) is 11.7 Å². The highest BCUT2D eigenvalue weighted by Crippen LogP contribution is 2.45. The minimum atomic E-state index is -3.31. The van der Waals surface area contributed by atoms with Gasteiger partial charge in [-0.3, -0.25) is 9.59 Å². The van der Waals surface area contributed by atoms with Crippen molar-refractivity contribution >= 4 is 23.3 Å². The molecule has 9 nitrogen and oxygen atoms in total. The van der Waals surface area contributed by atoms with Gasteiger partial charge in [-0.05, 0) is 66.9 Å². The number of phenolic OH excluding ortho intramolecular Hbond substituents is 1. The number of nitrogens with zero attached hydrogens (tertiary/aromatic N) is 5. The van der Waals surface area contributed by atoms with Gasteiger partial charge in [0.15, 0.2) is 0 Å². The third-order valence-electron chi connectivity index (χ3n) is 8.73.